The molecule has 2 N–H and O–H groups in total. The molecule has 0 saturated heterocycles. The van der Waals surface area contributed by atoms with Gasteiger partial charge in [-0.15, -0.1) is 0 Å². The van der Waals surface area contributed by atoms with E-state index in [2.05, 4.69) is 4.98 Å². The SMILES string of the molecule is Cc1ccc(S(=O)(=O)c2cnc(N)s2)cc1C. The number of hydrogen-bond donors (Lipinski definition) is 1. The molecule has 0 saturated carbocycles. The Labute approximate surface area is 104 Å². The molecule has 90 valence electrons. The van der Waals surface area contributed by atoms with Gasteiger partial charge >= 0.3 is 0 Å². The van der Waals surface area contributed by atoms with E-state index in [0.717, 1.165) is 22.5 Å². The second-order valence-electron chi connectivity index (χ2n) is 3.77. The molecule has 0 radical (unpaired) electrons. The van der Waals surface area contributed by atoms with Crippen LogP contribution in [0.1, 0.15) is 11.1 Å². The molecule has 0 bridgehead atoms. The fourth-order valence-corrected chi connectivity index (χ4v) is 3.80. The number of benzene rings is 1. The van der Waals surface area contributed by atoms with Crippen molar-refractivity contribution in [1.82, 2.24) is 4.98 Å². The van der Waals surface area contributed by atoms with E-state index in [-0.39, 0.29) is 14.2 Å². The fraction of sp³-hybridized carbons (Fsp3) is 0.182. The third-order valence-electron chi connectivity index (χ3n) is 2.56. The Balaban J connectivity index is 2.56. The molecular formula is C11H12N2O2S2. The zero-order chi connectivity index (χ0) is 12.6. The Morgan fingerprint density at radius 1 is 1.24 bits per heavy atom. The Bertz CT molecular complexity index is 660. The van der Waals surface area contributed by atoms with Gasteiger partial charge in [-0.1, -0.05) is 17.4 Å². The van der Waals surface area contributed by atoms with Crippen LogP contribution in [-0.4, -0.2) is 13.4 Å². The van der Waals surface area contributed by atoms with Gasteiger partial charge in [-0.25, -0.2) is 13.4 Å². The molecule has 17 heavy (non-hydrogen) atoms. The van der Waals surface area contributed by atoms with Crippen molar-refractivity contribution in [3.05, 3.63) is 35.5 Å². The van der Waals surface area contributed by atoms with Crippen LogP contribution in [0.25, 0.3) is 0 Å². The number of nitrogen functional groups attached to an aromatic ring is 1. The first-order valence-electron chi connectivity index (χ1n) is 4.95. The molecule has 1 heterocycles. The molecule has 2 rings (SSSR count). The van der Waals surface area contributed by atoms with E-state index in [9.17, 15) is 8.42 Å². The fourth-order valence-electron chi connectivity index (χ4n) is 1.39. The van der Waals surface area contributed by atoms with Crippen LogP contribution >= 0.6 is 11.3 Å². The Kier molecular flexibility index (Phi) is 2.92. The summed E-state index contributed by atoms with van der Waals surface area (Å²) in [5.41, 5.74) is 7.46. The van der Waals surface area contributed by atoms with E-state index in [1.165, 1.54) is 6.20 Å². The van der Waals surface area contributed by atoms with E-state index in [4.69, 9.17) is 5.73 Å². The number of rotatable bonds is 2. The lowest BCUT2D eigenvalue weighted by molar-refractivity contribution is 0.598. The number of thiazole rings is 1. The maximum Gasteiger partial charge on any atom is 0.217 e. The summed E-state index contributed by atoms with van der Waals surface area (Å²) in [5.74, 6) is 0. The topological polar surface area (TPSA) is 73.0 Å². The van der Waals surface area contributed by atoms with Gasteiger partial charge in [0.2, 0.25) is 9.84 Å². The van der Waals surface area contributed by atoms with E-state index in [1.807, 2.05) is 13.8 Å². The molecular weight excluding hydrogens is 256 g/mol. The van der Waals surface area contributed by atoms with Crippen molar-refractivity contribution < 1.29 is 8.42 Å². The summed E-state index contributed by atoms with van der Waals surface area (Å²) in [6.45, 7) is 3.83. The summed E-state index contributed by atoms with van der Waals surface area (Å²) in [6.07, 6.45) is 1.30. The second-order valence-corrected chi connectivity index (χ2v) is 7.01. The second kappa shape index (κ2) is 4.12. The van der Waals surface area contributed by atoms with Gasteiger partial charge in [0.25, 0.3) is 0 Å². The zero-order valence-electron chi connectivity index (χ0n) is 9.47. The molecule has 4 nitrogen and oxygen atoms in total. The Morgan fingerprint density at radius 2 is 1.94 bits per heavy atom. The van der Waals surface area contributed by atoms with Crippen LogP contribution in [0.5, 0.6) is 0 Å². The third-order valence-corrected chi connectivity index (χ3v) is 5.59. The maximum atomic E-state index is 12.2. The van der Waals surface area contributed by atoms with Crippen molar-refractivity contribution in [1.29, 1.82) is 0 Å². The van der Waals surface area contributed by atoms with Crippen LogP contribution in [0.4, 0.5) is 5.13 Å². The van der Waals surface area contributed by atoms with Crippen LogP contribution in [0.3, 0.4) is 0 Å². The number of aromatic nitrogens is 1. The normalized spacial score (nSPS) is 11.6. The van der Waals surface area contributed by atoms with Crippen molar-refractivity contribution in [3.8, 4) is 0 Å². The highest BCUT2D eigenvalue weighted by atomic mass is 32.2. The van der Waals surface area contributed by atoms with E-state index >= 15 is 0 Å². The van der Waals surface area contributed by atoms with Gasteiger partial charge in [0.1, 0.15) is 4.21 Å². The number of sulfone groups is 1. The average molecular weight is 268 g/mol. The lowest BCUT2D eigenvalue weighted by atomic mass is 10.1. The predicted molar refractivity (Wildman–Crippen MR) is 67.9 cm³/mol. The van der Waals surface area contributed by atoms with Crippen molar-refractivity contribution in [2.75, 3.05) is 5.73 Å². The van der Waals surface area contributed by atoms with Gasteiger partial charge in [-0.3, -0.25) is 0 Å². The minimum absolute atomic E-state index is 0.179. The highest BCUT2D eigenvalue weighted by Crippen LogP contribution is 2.27. The molecule has 6 heteroatoms. The molecule has 0 aliphatic carbocycles. The number of anilines is 1. The van der Waals surface area contributed by atoms with Gasteiger partial charge < -0.3 is 5.73 Å². The molecule has 1 aromatic heterocycles. The minimum atomic E-state index is -3.48. The number of nitrogens with two attached hydrogens (primary N) is 1. The van der Waals surface area contributed by atoms with Gasteiger partial charge in [0.15, 0.2) is 5.13 Å². The number of aryl methyl sites for hydroxylation is 2. The molecule has 0 unspecified atom stereocenters. The number of nitrogens with zero attached hydrogens (tertiary/aromatic N) is 1. The first-order chi connectivity index (χ1) is 7.91. The van der Waals surface area contributed by atoms with Crippen LogP contribution in [0.2, 0.25) is 0 Å². The van der Waals surface area contributed by atoms with Gasteiger partial charge in [0, 0.05) is 0 Å². The molecule has 1 aromatic carbocycles. The summed E-state index contributed by atoms with van der Waals surface area (Å²) >= 11 is 0.978. The molecule has 0 fully saturated rings. The summed E-state index contributed by atoms with van der Waals surface area (Å²) in [5, 5.41) is 0.257. The van der Waals surface area contributed by atoms with E-state index < -0.39 is 9.84 Å². The molecule has 0 aliphatic heterocycles. The summed E-state index contributed by atoms with van der Waals surface area (Å²) in [6, 6.07) is 5.07. The molecule has 0 atom stereocenters. The van der Waals surface area contributed by atoms with Crippen LogP contribution < -0.4 is 5.73 Å². The average Bonchev–Trinajstić information content (AvgIpc) is 2.69. The summed E-state index contributed by atoms with van der Waals surface area (Å²) < 4.78 is 24.6. The van der Waals surface area contributed by atoms with Crippen molar-refractivity contribution in [2.45, 2.75) is 23.0 Å². The third kappa shape index (κ3) is 2.18. The lowest BCUT2D eigenvalue weighted by Crippen LogP contribution is -2.00. The standard InChI is InChI=1S/C11H12N2O2S2/c1-7-3-4-9(5-8(7)2)17(14,15)10-6-13-11(12)16-10/h3-6H,1-2H3,(H2,12,13). The first kappa shape index (κ1) is 12.1. The molecule has 0 aliphatic rings. The van der Waals surface area contributed by atoms with Crippen LogP contribution in [0, 0.1) is 13.8 Å². The van der Waals surface area contributed by atoms with Gasteiger partial charge in [-0.2, -0.15) is 0 Å². The van der Waals surface area contributed by atoms with E-state index in [1.54, 1.807) is 18.2 Å². The summed E-state index contributed by atoms with van der Waals surface area (Å²) in [7, 11) is -3.48. The number of hydrogen-bond acceptors (Lipinski definition) is 5. The minimum Gasteiger partial charge on any atom is -0.375 e. The highest BCUT2D eigenvalue weighted by molar-refractivity contribution is 7.93. The largest absolute Gasteiger partial charge is 0.375 e. The molecule has 2 aromatic rings. The van der Waals surface area contributed by atoms with Crippen molar-refractivity contribution in [2.24, 2.45) is 0 Å². The zero-order valence-corrected chi connectivity index (χ0v) is 11.1. The molecule has 0 amide bonds. The quantitative estimate of drug-likeness (QED) is 0.906. The molecule has 0 spiro atoms. The van der Waals surface area contributed by atoms with Crippen LogP contribution in [0.15, 0.2) is 33.5 Å². The smallest absolute Gasteiger partial charge is 0.217 e. The summed E-state index contributed by atoms with van der Waals surface area (Å²) in [4.78, 5) is 4.05. The Hall–Kier alpha value is -1.40. The van der Waals surface area contributed by atoms with E-state index in [0.29, 0.717) is 0 Å². The van der Waals surface area contributed by atoms with Crippen LogP contribution in [-0.2, 0) is 9.84 Å². The highest BCUT2D eigenvalue weighted by Gasteiger charge is 2.20. The monoisotopic (exact) mass is 268 g/mol. The Morgan fingerprint density at radius 3 is 2.47 bits per heavy atom. The first-order valence-corrected chi connectivity index (χ1v) is 7.25. The lowest BCUT2D eigenvalue weighted by Gasteiger charge is -2.04. The van der Waals surface area contributed by atoms with Gasteiger partial charge in [-0.05, 0) is 37.1 Å². The predicted octanol–water partition coefficient (Wildman–Crippen LogP) is 2.17. The maximum absolute atomic E-state index is 12.2. The van der Waals surface area contributed by atoms with Crippen molar-refractivity contribution >= 4 is 26.3 Å². The van der Waals surface area contributed by atoms with Gasteiger partial charge in [0.05, 0.1) is 11.1 Å². The van der Waals surface area contributed by atoms with Crippen molar-refractivity contribution in [3.63, 3.8) is 0 Å².